The number of nitrogens with one attached hydrogen (secondary N) is 3. The number of nitrogens with zero attached hydrogens (tertiary/aromatic N) is 3. The van der Waals surface area contributed by atoms with Gasteiger partial charge in [0.25, 0.3) is 5.91 Å². The van der Waals surface area contributed by atoms with Crippen molar-refractivity contribution in [3.8, 4) is 17.1 Å². The molecular formula is C25H27FN6O3S. The Kier molecular flexibility index (Phi) is 7.68. The number of thioether (sulfide) groups is 1. The molecule has 0 unspecified atom stereocenters. The van der Waals surface area contributed by atoms with E-state index in [0.29, 0.717) is 28.1 Å². The highest BCUT2D eigenvalue weighted by atomic mass is 32.2. The summed E-state index contributed by atoms with van der Waals surface area (Å²) in [6, 6.07) is 4.08. The SMILES string of the molecule is CNC(=O)c1cnc(NC(=O)C2CC2)cc1Nc1cc(F)cc(-c2ncc(SC(C)C)cn2)c1OC. The lowest BCUT2D eigenvalue weighted by atomic mass is 10.1. The highest BCUT2D eigenvalue weighted by Crippen LogP contribution is 2.39. The minimum atomic E-state index is -0.546. The smallest absolute Gasteiger partial charge is 0.254 e. The van der Waals surface area contributed by atoms with Gasteiger partial charge in [-0.3, -0.25) is 9.59 Å². The van der Waals surface area contributed by atoms with E-state index in [1.807, 2.05) is 0 Å². The quantitative estimate of drug-likeness (QED) is 0.357. The van der Waals surface area contributed by atoms with E-state index in [2.05, 4.69) is 44.7 Å². The first-order chi connectivity index (χ1) is 17.3. The minimum absolute atomic E-state index is 0.0157. The molecular weight excluding hydrogens is 483 g/mol. The second-order valence-electron chi connectivity index (χ2n) is 8.53. The zero-order valence-electron chi connectivity index (χ0n) is 20.4. The molecule has 3 aromatic rings. The van der Waals surface area contributed by atoms with Crippen LogP contribution >= 0.6 is 11.8 Å². The molecule has 1 aromatic carbocycles. The molecule has 36 heavy (non-hydrogen) atoms. The Balaban J connectivity index is 1.71. The predicted molar refractivity (Wildman–Crippen MR) is 137 cm³/mol. The minimum Gasteiger partial charge on any atom is -0.494 e. The normalized spacial score (nSPS) is 12.8. The van der Waals surface area contributed by atoms with Gasteiger partial charge in [0.2, 0.25) is 5.91 Å². The molecule has 2 amide bonds. The van der Waals surface area contributed by atoms with Crippen molar-refractivity contribution < 1.29 is 18.7 Å². The van der Waals surface area contributed by atoms with E-state index in [0.717, 1.165) is 17.7 Å². The number of aromatic nitrogens is 3. The van der Waals surface area contributed by atoms with Gasteiger partial charge in [-0.05, 0) is 18.9 Å². The molecule has 1 aliphatic carbocycles. The van der Waals surface area contributed by atoms with Crippen LogP contribution in [-0.2, 0) is 4.79 Å². The van der Waals surface area contributed by atoms with Gasteiger partial charge < -0.3 is 20.7 Å². The molecule has 1 fully saturated rings. The van der Waals surface area contributed by atoms with Gasteiger partial charge in [0.1, 0.15) is 11.6 Å². The molecule has 0 atom stereocenters. The molecule has 11 heteroatoms. The molecule has 9 nitrogen and oxygen atoms in total. The van der Waals surface area contributed by atoms with Crippen molar-refractivity contribution in [1.82, 2.24) is 20.3 Å². The number of carbonyl (C=O) groups excluding carboxylic acids is 2. The Morgan fingerprint density at radius 2 is 1.81 bits per heavy atom. The van der Waals surface area contributed by atoms with Gasteiger partial charge in [0.05, 0.1) is 29.6 Å². The number of methoxy groups -OCH3 is 1. The fourth-order valence-electron chi connectivity index (χ4n) is 3.52. The van der Waals surface area contributed by atoms with E-state index in [9.17, 15) is 14.0 Å². The summed E-state index contributed by atoms with van der Waals surface area (Å²) >= 11 is 1.62. The van der Waals surface area contributed by atoms with E-state index < -0.39 is 11.7 Å². The molecule has 0 saturated heterocycles. The van der Waals surface area contributed by atoms with Gasteiger partial charge in [-0.1, -0.05) is 13.8 Å². The number of hydrogen-bond donors (Lipinski definition) is 3. The van der Waals surface area contributed by atoms with Crippen molar-refractivity contribution >= 4 is 40.8 Å². The second kappa shape index (κ2) is 10.9. The second-order valence-corrected chi connectivity index (χ2v) is 10.2. The topological polar surface area (TPSA) is 118 Å². The van der Waals surface area contributed by atoms with Crippen LogP contribution in [0.15, 0.2) is 41.7 Å². The van der Waals surface area contributed by atoms with Crippen LogP contribution in [0, 0.1) is 11.7 Å². The number of carbonyl (C=O) groups is 2. The molecule has 2 aromatic heterocycles. The van der Waals surface area contributed by atoms with Crippen molar-refractivity contribution in [3.05, 3.63) is 48.2 Å². The monoisotopic (exact) mass is 510 g/mol. The third kappa shape index (κ3) is 5.91. The van der Waals surface area contributed by atoms with Crippen molar-refractivity contribution in [2.24, 2.45) is 5.92 Å². The Labute approximate surface area is 212 Å². The van der Waals surface area contributed by atoms with Crippen LogP contribution in [0.1, 0.15) is 37.0 Å². The van der Waals surface area contributed by atoms with Crippen molar-refractivity contribution in [2.75, 3.05) is 24.8 Å². The number of benzene rings is 1. The number of rotatable bonds is 9. The van der Waals surface area contributed by atoms with E-state index in [4.69, 9.17) is 4.74 Å². The maximum Gasteiger partial charge on any atom is 0.254 e. The maximum atomic E-state index is 14.8. The van der Waals surface area contributed by atoms with Gasteiger partial charge in [-0.2, -0.15) is 0 Å². The molecule has 188 valence electrons. The lowest BCUT2D eigenvalue weighted by Gasteiger charge is -2.17. The van der Waals surface area contributed by atoms with Gasteiger partial charge in [0.15, 0.2) is 11.6 Å². The molecule has 1 saturated carbocycles. The third-order valence-corrected chi connectivity index (χ3v) is 6.30. The van der Waals surface area contributed by atoms with E-state index in [1.165, 1.54) is 38.6 Å². The van der Waals surface area contributed by atoms with Gasteiger partial charge in [-0.15, -0.1) is 11.8 Å². The van der Waals surface area contributed by atoms with Gasteiger partial charge in [0, 0.05) is 53.8 Å². The molecule has 1 aliphatic rings. The van der Waals surface area contributed by atoms with Crippen LogP contribution in [0.3, 0.4) is 0 Å². The first-order valence-electron chi connectivity index (χ1n) is 11.5. The zero-order valence-corrected chi connectivity index (χ0v) is 21.2. The zero-order chi connectivity index (χ0) is 25.8. The summed E-state index contributed by atoms with van der Waals surface area (Å²) in [6.45, 7) is 4.14. The molecule has 0 spiro atoms. The average molecular weight is 511 g/mol. The lowest BCUT2D eigenvalue weighted by molar-refractivity contribution is -0.117. The molecule has 4 rings (SSSR count). The average Bonchev–Trinajstić information content (AvgIpc) is 3.69. The van der Waals surface area contributed by atoms with Crippen LogP contribution in [0.5, 0.6) is 5.75 Å². The number of halogens is 1. The highest BCUT2D eigenvalue weighted by molar-refractivity contribution is 7.99. The van der Waals surface area contributed by atoms with Crippen LogP contribution in [0.4, 0.5) is 21.6 Å². The number of anilines is 3. The summed E-state index contributed by atoms with van der Waals surface area (Å²) in [5, 5.41) is 8.76. The molecule has 2 heterocycles. The standard InChI is InChI=1S/C25H27FN6O3S/c1-13(2)36-16-10-29-23(30-11-16)17-7-15(26)8-20(22(17)35-4)31-19-9-21(32-24(33)14-5-6-14)28-12-18(19)25(34)27-3/h7-14H,5-6H2,1-4H3,(H,27,34)(H2,28,31,32,33). The van der Waals surface area contributed by atoms with Crippen LogP contribution in [0.2, 0.25) is 0 Å². The molecule has 0 radical (unpaired) electrons. The summed E-state index contributed by atoms with van der Waals surface area (Å²) in [6.07, 6.45) is 6.41. The summed E-state index contributed by atoms with van der Waals surface area (Å²) < 4.78 is 20.4. The predicted octanol–water partition coefficient (Wildman–Crippen LogP) is 4.64. The lowest BCUT2D eigenvalue weighted by Crippen LogP contribution is -2.20. The number of amides is 2. The molecule has 0 aliphatic heterocycles. The molecule has 0 bridgehead atoms. The van der Waals surface area contributed by atoms with Crippen molar-refractivity contribution in [3.63, 3.8) is 0 Å². The first-order valence-corrected chi connectivity index (χ1v) is 12.3. The van der Waals surface area contributed by atoms with Gasteiger partial charge >= 0.3 is 0 Å². The van der Waals surface area contributed by atoms with Crippen molar-refractivity contribution in [1.29, 1.82) is 0 Å². The molecule has 3 N–H and O–H groups in total. The highest BCUT2D eigenvalue weighted by Gasteiger charge is 2.30. The Morgan fingerprint density at radius 3 is 2.42 bits per heavy atom. The fraction of sp³-hybridized carbons (Fsp3) is 0.320. The number of hydrogen-bond acceptors (Lipinski definition) is 8. The van der Waals surface area contributed by atoms with E-state index in [1.54, 1.807) is 24.2 Å². The summed E-state index contributed by atoms with van der Waals surface area (Å²) in [5.41, 5.74) is 1.13. The van der Waals surface area contributed by atoms with E-state index >= 15 is 0 Å². The van der Waals surface area contributed by atoms with Crippen LogP contribution in [-0.4, -0.2) is 46.2 Å². The summed E-state index contributed by atoms with van der Waals surface area (Å²) in [4.78, 5) is 38.6. The van der Waals surface area contributed by atoms with Crippen LogP contribution in [0.25, 0.3) is 11.4 Å². The fourth-order valence-corrected chi connectivity index (χ4v) is 4.29. The Hall–Kier alpha value is -3.73. The third-order valence-electron chi connectivity index (χ3n) is 5.34. The Morgan fingerprint density at radius 1 is 1.08 bits per heavy atom. The largest absolute Gasteiger partial charge is 0.494 e. The summed E-state index contributed by atoms with van der Waals surface area (Å²) in [7, 11) is 2.95. The Bertz CT molecular complexity index is 1280. The van der Waals surface area contributed by atoms with Crippen LogP contribution < -0.4 is 20.7 Å². The first kappa shape index (κ1) is 25.4. The summed E-state index contributed by atoms with van der Waals surface area (Å²) in [5.74, 6) is -0.220. The van der Waals surface area contributed by atoms with Crippen molar-refractivity contribution in [2.45, 2.75) is 36.8 Å². The maximum absolute atomic E-state index is 14.8. The number of pyridine rings is 1. The number of ether oxygens (including phenoxy) is 1. The van der Waals surface area contributed by atoms with Gasteiger partial charge in [-0.25, -0.2) is 19.3 Å². The van der Waals surface area contributed by atoms with E-state index in [-0.39, 0.29) is 28.9 Å².